The smallest absolute Gasteiger partial charge is 0.0119 e. The molecule has 0 amide bonds. The molecule has 0 unspecified atom stereocenters. The molecule has 16 heavy (non-hydrogen) atoms. The Kier molecular flexibility index (Phi) is 2.15. The Morgan fingerprint density at radius 3 is 2.19 bits per heavy atom. The summed E-state index contributed by atoms with van der Waals surface area (Å²) in [6, 6.07) is 17.0. The topological polar surface area (TPSA) is 0 Å². The van der Waals surface area contributed by atoms with Crippen LogP contribution in [0.2, 0.25) is 0 Å². The van der Waals surface area contributed by atoms with Crippen LogP contribution in [0.5, 0.6) is 0 Å². The van der Waals surface area contributed by atoms with Crippen LogP contribution >= 0.6 is 12.6 Å². The Balaban J connectivity index is 2.64. The molecule has 0 bridgehead atoms. The van der Waals surface area contributed by atoms with E-state index in [1.807, 2.05) is 6.07 Å². The van der Waals surface area contributed by atoms with E-state index in [0.717, 1.165) is 4.90 Å². The van der Waals surface area contributed by atoms with Crippen LogP contribution in [0.1, 0.15) is 5.56 Å². The summed E-state index contributed by atoms with van der Waals surface area (Å²) in [4.78, 5) is 1.05. The molecule has 3 rings (SSSR count). The molecule has 0 heterocycles. The summed E-state index contributed by atoms with van der Waals surface area (Å²) in [5.41, 5.74) is 1.31. The van der Waals surface area contributed by atoms with Gasteiger partial charge in [0.05, 0.1) is 0 Å². The summed E-state index contributed by atoms with van der Waals surface area (Å²) in [6.07, 6.45) is 0. The van der Waals surface area contributed by atoms with Crippen molar-refractivity contribution in [3.8, 4) is 0 Å². The van der Waals surface area contributed by atoms with Crippen molar-refractivity contribution < 1.29 is 0 Å². The van der Waals surface area contributed by atoms with Crippen LogP contribution in [0.4, 0.5) is 0 Å². The van der Waals surface area contributed by atoms with Crippen molar-refractivity contribution in [2.75, 3.05) is 0 Å². The van der Waals surface area contributed by atoms with Crippen molar-refractivity contribution >= 4 is 34.2 Å². The van der Waals surface area contributed by atoms with Crippen molar-refractivity contribution in [3.63, 3.8) is 0 Å². The summed E-state index contributed by atoms with van der Waals surface area (Å²) in [5.74, 6) is 0. The van der Waals surface area contributed by atoms with Gasteiger partial charge in [0, 0.05) is 4.90 Å². The average Bonchev–Trinajstić information content (AvgIpc) is 2.31. The Bertz CT molecular complexity index is 678. The average molecular weight is 224 g/mol. The fraction of sp³-hybridized carbons (Fsp3) is 0.0667. The van der Waals surface area contributed by atoms with Gasteiger partial charge >= 0.3 is 0 Å². The van der Waals surface area contributed by atoms with Crippen molar-refractivity contribution in [2.24, 2.45) is 0 Å². The molecule has 0 aliphatic carbocycles. The molecule has 0 atom stereocenters. The summed E-state index contributed by atoms with van der Waals surface area (Å²) in [6.45, 7) is 2.15. The molecule has 0 nitrogen and oxygen atoms in total. The highest BCUT2D eigenvalue weighted by Crippen LogP contribution is 2.31. The minimum absolute atomic E-state index is 1.05. The fourth-order valence-corrected chi connectivity index (χ4v) is 2.57. The Labute approximate surface area is 100 Å². The van der Waals surface area contributed by atoms with E-state index in [0.29, 0.717) is 0 Å². The van der Waals surface area contributed by atoms with Crippen LogP contribution in [0.25, 0.3) is 21.5 Å². The van der Waals surface area contributed by atoms with Gasteiger partial charge in [-0.25, -0.2) is 0 Å². The van der Waals surface area contributed by atoms with E-state index in [-0.39, 0.29) is 0 Å². The lowest BCUT2D eigenvalue weighted by Crippen LogP contribution is -1.83. The first-order valence-corrected chi connectivity index (χ1v) is 5.82. The maximum atomic E-state index is 4.52. The Hall–Kier alpha value is -1.47. The van der Waals surface area contributed by atoms with E-state index in [1.54, 1.807) is 0 Å². The van der Waals surface area contributed by atoms with Gasteiger partial charge in [-0.1, -0.05) is 36.4 Å². The van der Waals surface area contributed by atoms with Crippen LogP contribution in [0.15, 0.2) is 53.4 Å². The van der Waals surface area contributed by atoms with E-state index < -0.39 is 0 Å². The van der Waals surface area contributed by atoms with Gasteiger partial charge in [0.1, 0.15) is 0 Å². The zero-order valence-corrected chi connectivity index (χ0v) is 9.96. The standard InChI is InChI=1S/C15H12S/c1-10-9-14-13(7-4-8-15(14)16)12-6-3-2-5-11(10)12/h2-9,16H,1H3. The molecule has 0 saturated heterocycles. The van der Waals surface area contributed by atoms with Gasteiger partial charge in [0.15, 0.2) is 0 Å². The van der Waals surface area contributed by atoms with Crippen LogP contribution in [0, 0.1) is 6.92 Å². The molecular formula is C15H12S. The molecule has 0 aromatic heterocycles. The van der Waals surface area contributed by atoms with Crippen molar-refractivity contribution in [3.05, 3.63) is 54.1 Å². The van der Waals surface area contributed by atoms with E-state index in [9.17, 15) is 0 Å². The van der Waals surface area contributed by atoms with Gasteiger partial charge in [-0.2, -0.15) is 0 Å². The number of aryl methyl sites for hydroxylation is 1. The highest BCUT2D eigenvalue weighted by atomic mass is 32.1. The summed E-state index contributed by atoms with van der Waals surface area (Å²) in [7, 11) is 0. The zero-order chi connectivity index (χ0) is 11.1. The van der Waals surface area contributed by atoms with Crippen LogP contribution < -0.4 is 0 Å². The SMILES string of the molecule is Cc1cc2c(S)cccc2c2ccccc12. The van der Waals surface area contributed by atoms with E-state index in [4.69, 9.17) is 0 Å². The second-order valence-electron chi connectivity index (χ2n) is 4.11. The number of hydrogen-bond donors (Lipinski definition) is 1. The van der Waals surface area contributed by atoms with Gasteiger partial charge in [0.2, 0.25) is 0 Å². The summed E-state index contributed by atoms with van der Waals surface area (Å²) < 4.78 is 0. The van der Waals surface area contributed by atoms with Gasteiger partial charge in [-0.15, -0.1) is 12.6 Å². The number of rotatable bonds is 0. The molecule has 78 valence electrons. The molecule has 0 aliphatic rings. The minimum Gasteiger partial charge on any atom is -0.143 e. The quantitative estimate of drug-likeness (QED) is 0.419. The maximum Gasteiger partial charge on any atom is 0.0119 e. The van der Waals surface area contributed by atoms with Crippen LogP contribution in [-0.4, -0.2) is 0 Å². The monoisotopic (exact) mass is 224 g/mol. The first kappa shape index (κ1) is 9.73. The van der Waals surface area contributed by atoms with E-state index in [2.05, 4.69) is 62.0 Å². The Morgan fingerprint density at radius 1 is 0.750 bits per heavy atom. The predicted molar refractivity (Wildman–Crippen MR) is 73.4 cm³/mol. The highest BCUT2D eigenvalue weighted by molar-refractivity contribution is 7.80. The number of thiol groups is 1. The fourth-order valence-electron chi connectivity index (χ4n) is 2.30. The third-order valence-corrected chi connectivity index (χ3v) is 3.48. The first-order valence-electron chi connectivity index (χ1n) is 5.37. The normalized spacial score (nSPS) is 11.1. The molecule has 0 saturated carbocycles. The maximum absolute atomic E-state index is 4.52. The molecule has 0 radical (unpaired) electrons. The van der Waals surface area contributed by atoms with Gasteiger partial charge in [-0.3, -0.25) is 0 Å². The van der Waals surface area contributed by atoms with E-state index in [1.165, 1.54) is 27.1 Å². The van der Waals surface area contributed by atoms with Crippen LogP contribution in [0.3, 0.4) is 0 Å². The summed E-state index contributed by atoms with van der Waals surface area (Å²) >= 11 is 4.52. The minimum atomic E-state index is 1.05. The van der Waals surface area contributed by atoms with Gasteiger partial charge in [-0.05, 0) is 46.2 Å². The zero-order valence-electron chi connectivity index (χ0n) is 9.07. The van der Waals surface area contributed by atoms with Gasteiger partial charge < -0.3 is 0 Å². The molecule has 0 fully saturated rings. The molecule has 3 aromatic rings. The molecule has 1 heteroatoms. The third kappa shape index (κ3) is 1.32. The van der Waals surface area contributed by atoms with E-state index >= 15 is 0 Å². The van der Waals surface area contributed by atoms with Gasteiger partial charge in [0.25, 0.3) is 0 Å². The number of fused-ring (bicyclic) bond motifs is 3. The molecule has 0 spiro atoms. The molecule has 3 aromatic carbocycles. The second-order valence-corrected chi connectivity index (χ2v) is 4.59. The van der Waals surface area contributed by atoms with Crippen LogP contribution in [-0.2, 0) is 0 Å². The Morgan fingerprint density at radius 2 is 1.38 bits per heavy atom. The number of benzene rings is 3. The third-order valence-electron chi connectivity index (χ3n) is 3.09. The summed E-state index contributed by atoms with van der Waals surface area (Å²) in [5, 5.41) is 5.16. The van der Waals surface area contributed by atoms with Crippen molar-refractivity contribution in [2.45, 2.75) is 11.8 Å². The molecular weight excluding hydrogens is 212 g/mol. The number of hydrogen-bond acceptors (Lipinski definition) is 1. The molecule has 0 aliphatic heterocycles. The first-order chi connectivity index (χ1) is 7.77. The lowest BCUT2D eigenvalue weighted by molar-refractivity contribution is 1.51. The largest absolute Gasteiger partial charge is 0.143 e. The lowest BCUT2D eigenvalue weighted by atomic mass is 9.98. The second kappa shape index (κ2) is 3.53. The van der Waals surface area contributed by atoms with Crippen molar-refractivity contribution in [1.29, 1.82) is 0 Å². The highest BCUT2D eigenvalue weighted by Gasteiger charge is 2.04. The van der Waals surface area contributed by atoms with Crippen molar-refractivity contribution in [1.82, 2.24) is 0 Å². The predicted octanol–water partition coefficient (Wildman–Crippen LogP) is 4.59. The lowest BCUT2D eigenvalue weighted by Gasteiger charge is -2.08. The molecule has 0 N–H and O–H groups in total.